The minimum Gasteiger partial charge on any atom is -0.480 e. The number of nitrogens with zero attached hydrogens (tertiary/aromatic N) is 4. The van der Waals surface area contributed by atoms with Gasteiger partial charge in [0.05, 0.1) is 16.6 Å². The lowest BCUT2D eigenvalue weighted by atomic mass is 10.0. The second-order valence-electron chi connectivity index (χ2n) is 10.4. The number of anilines is 1. The molecule has 2 aromatic heterocycles. The number of carbonyl (C=O) groups is 2. The number of benzene rings is 3. The Morgan fingerprint density at radius 1 is 1.00 bits per heavy atom. The van der Waals surface area contributed by atoms with Gasteiger partial charge in [0.2, 0.25) is 16.0 Å². The van der Waals surface area contributed by atoms with E-state index in [9.17, 15) is 23.1 Å². The van der Waals surface area contributed by atoms with Crippen molar-refractivity contribution in [2.24, 2.45) is 7.05 Å². The molecule has 0 aliphatic carbocycles. The number of carboxylic acid groups (broad SMARTS) is 1. The van der Waals surface area contributed by atoms with Crippen molar-refractivity contribution in [2.45, 2.75) is 30.8 Å². The normalized spacial score (nSPS) is 12.2. The molecule has 0 fully saturated rings. The summed E-state index contributed by atoms with van der Waals surface area (Å²) in [5.41, 5.74) is 4.01. The highest BCUT2D eigenvalue weighted by Crippen LogP contribution is 2.22. The van der Waals surface area contributed by atoms with E-state index in [1.165, 1.54) is 12.1 Å². The van der Waals surface area contributed by atoms with Crippen LogP contribution in [0, 0.1) is 6.92 Å². The van der Waals surface area contributed by atoms with Gasteiger partial charge in [-0.3, -0.25) is 14.3 Å². The number of amides is 1. The zero-order chi connectivity index (χ0) is 31.3. The lowest BCUT2D eigenvalue weighted by Crippen LogP contribution is -2.48. The molecule has 5 rings (SSSR count). The van der Waals surface area contributed by atoms with Crippen LogP contribution in [0.2, 0.25) is 0 Å². The third-order valence-electron chi connectivity index (χ3n) is 7.17. The fourth-order valence-electron chi connectivity index (χ4n) is 4.68. The number of hydrogen-bond donors (Lipinski definition) is 4. The van der Waals surface area contributed by atoms with Crippen molar-refractivity contribution in [3.05, 3.63) is 96.4 Å². The SMILES string of the molecule is Cc1ccc(-c2ccc(S(=O)(=O)NC(CNC(=O)c3ccc4c(cnn4CCCNc4nccn4C)c3)C(=O)O)cc2)cc1. The molecule has 0 radical (unpaired) electrons. The lowest BCUT2D eigenvalue weighted by Gasteiger charge is -2.16. The number of sulfonamides is 1. The number of nitrogens with one attached hydrogen (secondary N) is 3. The molecule has 1 atom stereocenters. The third-order valence-corrected chi connectivity index (χ3v) is 8.65. The number of imidazole rings is 1. The largest absolute Gasteiger partial charge is 0.480 e. The summed E-state index contributed by atoms with van der Waals surface area (Å²) >= 11 is 0. The first-order valence-electron chi connectivity index (χ1n) is 14.0. The summed E-state index contributed by atoms with van der Waals surface area (Å²) < 4.78 is 31.9. The minimum atomic E-state index is -4.18. The molecular weight excluding hydrogens is 582 g/mol. The molecular formula is C31H33N7O5S. The van der Waals surface area contributed by atoms with Gasteiger partial charge in [-0.15, -0.1) is 0 Å². The molecule has 44 heavy (non-hydrogen) atoms. The maximum atomic E-state index is 13.0. The summed E-state index contributed by atoms with van der Waals surface area (Å²) in [4.78, 5) is 28.9. The van der Waals surface area contributed by atoms with Gasteiger partial charge >= 0.3 is 5.97 Å². The van der Waals surface area contributed by atoms with Crippen molar-refractivity contribution < 1.29 is 23.1 Å². The Morgan fingerprint density at radius 2 is 1.70 bits per heavy atom. The number of aryl methyl sites for hydroxylation is 3. The number of carboxylic acids is 1. The van der Waals surface area contributed by atoms with Gasteiger partial charge in [0, 0.05) is 50.0 Å². The van der Waals surface area contributed by atoms with Gasteiger partial charge in [-0.25, -0.2) is 13.4 Å². The van der Waals surface area contributed by atoms with Crippen LogP contribution in [0.4, 0.5) is 5.95 Å². The number of rotatable bonds is 13. The molecule has 0 spiro atoms. The van der Waals surface area contributed by atoms with Crippen LogP contribution < -0.4 is 15.4 Å². The van der Waals surface area contributed by atoms with Crippen LogP contribution in [0.5, 0.6) is 0 Å². The summed E-state index contributed by atoms with van der Waals surface area (Å²) in [7, 11) is -2.26. The van der Waals surface area contributed by atoms with Gasteiger partial charge in [-0.05, 0) is 54.8 Å². The average Bonchev–Trinajstić information content (AvgIpc) is 3.62. The molecule has 0 aliphatic heterocycles. The van der Waals surface area contributed by atoms with Crippen LogP contribution in [0.25, 0.3) is 22.0 Å². The van der Waals surface area contributed by atoms with E-state index in [1.807, 2.05) is 53.7 Å². The number of aliphatic carboxylic acids is 1. The van der Waals surface area contributed by atoms with E-state index < -0.39 is 34.5 Å². The van der Waals surface area contributed by atoms with E-state index in [2.05, 4.69) is 25.4 Å². The summed E-state index contributed by atoms with van der Waals surface area (Å²) in [5, 5.41) is 20.7. The number of hydrogen-bond acceptors (Lipinski definition) is 7. The van der Waals surface area contributed by atoms with E-state index in [4.69, 9.17) is 0 Å². The smallest absolute Gasteiger partial charge is 0.323 e. The molecule has 0 bridgehead atoms. The average molecular weight is 616 g/mol. The van der Waals surface area contributed by atoms with E-state index >= 15 is 0 Å². The zero-order valence-electron chi connectivity index (χ0n) is 24.3. The zero-order valence-corrected chi connectivity index (χ0v) is 25.1. The van der Waals surface area contributed by atoms with Gasteiger partial charge in [-0.1, -0.05) is 42.0 Å². The first kappa shape index (κ1) is 30.4. The fourth-order valence-corrected chi connectivity index (χ4v) is 5.86. The number of aromatic nitrogens is 4. The second kappa shape index (κ2) is 13.1. The van der Waals surface area contributed by atoms with Crippen LogP contribution in [0.3, 0.4) is 0 Å². The van der Waals surface area contributed by atoms with Crippen molar-refractivity contribution in [3.8, 4) is 11.1 Å². The number of fused-ring (bicyclic) bond motifs is 1. The Bertz CT molecular complexity index is 1880. The molecule has 0 saturated heterocycles. The Hall–Kier alpha value is -5.01. The first-order valence-corrected chi connectivity index (χ1v) is 15.5. The Kier molecular flexibility index (Phi) is 9.07. The molecule has 3 aromatic carbocycles. The summed E-state index contributed by atoms with van der Waals surface area (Å²) in [5.74, 6) is -1.16. The highest BCUT2D eigenvalue weighted by atomic mass is 32.2. The van der Waals surface area contributed by atoms with E-state index in [0.717, 1.165) is 40.0 Å². The Labute approximate surface area is 254 Å². The Morgan fingerprint density at radius 3 is 2.36 bits per heavy atom. The molecule has 5 aromatic rings. The van der Waals surface area contributed by atoms with Gasteiger partial charge < -0.3 is 20.3 Å². The van der Waals surface area contributed by atoms with E-state index in [-0.39, 0.29) is 4.90 Å². The molecule has 13 heteroatoms. The van der Waals surface area contributed by atoms with Crippen LogP contribution in [-0.4, -0.2) is 63.9 Å². The van der Waals surface area contributed by atoms with Crippen molar-refractivity contribution in [2.75, 3.05) is 18.4 Å². The molecule has 0 aliphatic rings. The number of carbonyl (C=O) groups excluding carboxylic acids is 1. The molecule has 228 valence electrons. The van der Waals surface area contributed by atoms with Gasteiger partial charge in [0.15, 0.2) is 0 Å². The van der Waals surface area contributed by atoms with E-state index in [1.54, 1.807) is 42.7 Å². The van der Waals surface area contributed by atoms with Crippen LogP contribution in [0.15, 0.2) is 90.2 Å². The molecule has 1 unspecified atom stereocenters. The van der Waals surface area contributed by atoms with E-state index in [0.29, 0.717) is 18.7 Å². The highest BCUT2D eigenvalue weighted by molar-refractivity contribution is 7.89. The van der Waals surface area contributed by atoms with Gasteiger partial charge in [0.1, 0.15) is 6.04 Å². The molecule has 1 amide bonds. The predicted octanol–water partition coefficient (Wildman–Crippen LogP) is 3.41. The Balaban J connectivity index is 1.17. The van der Waals surface area contributed by atoms with Gasteiger partial charge in [0.25, 0.3) is 5.91 Å². The highest BCUT2D eigenvalue weighted by Gasteiger charge is 2.26. The second-order valence-corrected chi connectivity index (χ2v) is 12.1. The molecule has 0 saturated carbocycles. The quantitative estimate of drug-likeness (QED) is 0.147. The minimum absolute atomic E-state index is 0.0826. The van der Waals surface area contributed by atoms with Crippen molar-refractivity contribution in [1.82, 2.24) is 29.4 Å². The predicted molar refractivity (Wildman–Crippen MR) is 167 cm³/mol. The monoisotopic (exact) mass is 615 g/mol. The summed E-state index contributed by atoms with van der Waals surface area (Å²) in [6, 6.07) is 17.4. The lowest BCUT2D eigenvalue weighted by molar-refractivity contribution is -0.138. The third kappa shape index (κ3) is 7.13. The topological polar surface area (TPSA) is 160 Å². The van der Waals surface area contributed by atoms with Crippen LogP contribution in [-0.2, 0) is 28.4 Å². The van der Waals surface area contributed by atoms with Crippen molar-refractivity contribution in [1.29, 1.82) is 0 Å². The van der Waals surface area contributed by atoms with Crippen molar-refractivity contribution >= 4 is 38.8 Å². The fraction of sp³-hybridized carbons (Fsp3) is 0.226. The summed E-state index contributed by atoms with van der Waals surface area (Å²) in [6.45, 7) is 2.89. The summed E-state index contributed by atoms with van der Waals surface area (Å²) in [6.07, 6.45) is 6.06. The molecule has 4 N–H and O–H groups in total. The van der Waals surface area contributed by atoms with Crippen molar-refractivity contribution in [3.63, 3.8) is 0 Å². The van der Waals surface area contributed by atoms with Gasteiger partial charge in [-0.2, -0.15) is 9.82 Å². The standard InChI is InChI=1S/C31H33N7O5S/c1-21-4-6-22(7-5-21)23-8-11-26(12-9-23)44(42,43)36-27(30(40)41)20-34-29(39)24-10-13-28-25(18-24)19-35-38(28)16-3-14-32-31-33-15-17-37(31)2/h4-13,15,17-19,27,36H,3,14,16,20H2,1-2H3,(H,32,33)(H,34,39)(H,40,41). The molecule has 2 heterocycles. The first-order chi connectivity index (χ1) is 21.1. The maximum absolute atomic E-state index is 13.0. The van der Waals surface area contributed by atoms with Crippen LogP contribution >= 0.6 is 0 Å². The van der Waals surface area contributed by atoms with Crippen LogP contribution in [0.1, 0.15) is 22.3 Å². The maximum Gasteiger partial charge on any atom is 0.323 e. The molecule has 12 nitrogen and oxygen atoms in total.